The molecule has 1 heterocycles. The smallest absolute Gasteiger partial charge is 0.124 e. The van der Waals surface area contributed by atoms with Crippen LogP contribution in [0.5, 0.6) is 11.5 Å². The first-order valence-corrected chi connectivity index (χ1v) is 8.61. The first-order chi connectivity index (χ1) is 10.8. The Balaban J connectivity index is 1.89. The number of rotatable bonds is 4. The Morgan fingerprint density at radius 1 is 1.18 bits per heavy atom. The van der Waals surface area contributed by atoms with Gasteiger partial charge in [0, 0.05) is 43.9 Å². The molecule has 0 radical (unpaired) electrons. The molecule has 0 unspecified atom stereocenters. The summed E-state index contributed by atoms with van der Waals surface area (Å²) in [6.07, 6.45) is 6.56. The molecule has 1 atom stereocenters. The van der Waals surface area contributed by atoms with Gasteiger partial charge in [-0.2, -0.15) is 0 Å². The zero-order valence-electron chi connectivity index (χ0n) is 13.6. The molecule has 22 heavy (non-hydrogen) atoms. The molecule has 4 nitrogen and oxygen atoms in total. The highest BCUT2D eigenvalue weighted by molar-refractivity contribution is 5.42. The van der Waals surface area contributed by atoms with Crippen molar-refractivity contribution in [2.45, 2.75) is 38.1 Å². The Hall–Kier alpha value is -1.26. The van der Waals surface area contributed by atoms with Crippen LogP contribution < -0.4 is 10.1 Å². The van der Waals surface area contributed by atoms with Gasteiger partial charge in [-0.1, -0.05) is 25.3 Å². The quantitative estimate of drug-likeness (QED) is 0.898. The normalized spacial score (nSPS) is 22.4. The maximum Gasteiger partial charge on any atom is 0.124 e. The largest absolute Gasteiger partial charge is 0.507 e. The second-order valence-electron chi connectivity index (χ2n) is 6.55. The Morgan fingerprint density at radius 2 is 1.91 bits per heavy atom. The van der Waals surface area contributed by atoms with Crippen molar-refractivity contribution < 1.29 is 9.84 Å². The molecule has 1 aliphatic heterocycles. The average Bonchev–Trinajstić information content (AvgIpc) is 2.58. The summed E-state index contributed by atoms with van der Waals surface area (Å²) in [5, 5.41) is 14.0. The third kappa shape index (κ3) is 3.39. The lowest BCUT2D eigenvalue weighted by Gasteiger charge is -2.41. The van der Waals surface area contributed by atoms with Crippen LogP contribution in [0.15, 0.2) is 18.2 Å². The van der Waals surface area contributed by atoms with E-state index in [1.165, 1.54) is 32.1 Å². The first kappa shape index (κ1) is 15.6. The molecule has 2 N–H and O–H groups in total. The van der Waals surface area contributed by atoms with Crippen LogP contribution in [0.25, 0.3) is 0 Å². The molecule has 2 aliphatic rings. The van der Waals surface area contributed by atoms with E-state index in [9.17, 15) is 5.11 Å². The fourth-order valence-corrected chi connectivity index (χ4v) is 4.06. The van der Waals surface area contributed by atoms with Crippen LogP contribution in [-0.4, -0.2) is 43.3 Å². The molecule has 1 saturated heterocycles. The van der Waals surface area contributed by atoms with Crippen molar-refractivity contribution in [3.8, 4) is 11.5 Å². The molecule has 0 spiro atoms. The van der Waals surface area contributed by atoms with Gasteiger partial charge in [-0.05, 0) is 24.8 Å². The van der Waals surface area contributed by atoms with Crippen LogP contribution in [0, 0.1) is 5.92 Å². The molecule has 0 bridgehead atoms. The van der Waals surface area contributed by atoms with Gasteiger partial charge >= 0.3 is 0 Å². The number of hydrogen-bond acceptors (Lipinski definition) is 4. The monoisotopic (exact) mass is 304 g/mol. The molecular weight excluding hydrogens is 276 g/mol. The number of aromatic hydroxyl groups is 1. The standard InChI is InChI=1S/C18H28N2O2/c1-22-15-7-8-16(17(21)13-15)18(14-5-3-2-4-6-14)20-11-9-19-10-12-20/h7-8,13-14,18-19,21H,2-6,9-12H2,1H3/t18-/m1/s1. The van der Waals surface area contributed by atoms with E-state index in [4.69, 9.17) is 4.74 Å². The van der Waals surface area contributed by atoms with Gasteiger partial charge in [-0.3, -0.25) is 4.90 Å². The number of ether oxygens (including phenoxy) is 1. The highest BCUT2D eigenvalue weighted by atomic mass is 16.5. The second-order valence-corrected chi connectivity index (χ2v) is 6.55. The van der Waals surface area contributed by atoms with Gasteiger partial charge in [0.05, 0.1) is 7.11 Å². The van der Waals surface area contributed by atoms with E-state index in [0.29, 0.717) is 17.7 Å². The lowest BCUT2D eigenvalue weighted by molar-refractivity contribution is 0.101. The Bertz CT molecular complexity index is 462. The van der Waals surface area contributed by atoms with Gasteiger partial charge in [0.25, 0.3) is 0 Å². The molecule has 1 aromatic rings. The lowest BCUT2D eigenvalue weighted by atomic mass is 9.80. The number of phenols is 1. The van der Waals surface area contributed by atoms with Crippen molar-refractivity contribution in [1.29, 1.82) is 0 Å². The summed E-state index contributed by atoms with van der Waals surface area (Å²) in [5.41, 5.74) is 1.08. The van der Waals surface area contributed by atoms with Gasteiger partial charge in [0.1, 0.15) is 11.5 Å². The summed E-state index contributed by atoms with van der Waals surface area (Å²) in [5.74, 6) is 1.77. The van der Waals surface area contributed by atoms with E-state index in [2.05, 4.69) is 16.3 Å². The molecule has 1 aromatic carbocycles. The van der Waals surface area contributed by atoms with Crippen molar-refractivity contribution >= 4 is 0 Å². The van der Waals surface area contributed by atoms with E-state index >= 15 is 0 Å². The molecule has 2 fully saturated rings. The zero-order chi connectivity index (χ0) is 15.4. The Labute approximate surface area is 133 Å². The van der Waals surface area contributed by atoms with Crippen LogP contribution in [0.3, 0.4) is 0 Å². The number of hydrogen-bond donors (Lipinski definition) is 2. The Kier molecular flexibility index (Phi) is 5.21. The molecule has 0 amide bonds. The number of nitrogens with one attached hydrogen (secondary N) is 1. The van der Waals surface area contributed by atoms with Crippen LogP contribution in [-0.2, 0) is 0 Å². The summed E-state index contributed by atoms with van der Waals surface area (Å²) in [7, 11) is 1.64. The molecule has 1 saturated carbocycles. The number of nitrogens with zero attached hydrogens (tertiary/aromatic N) is 1. The van der Waals surface area contributed by atoms with Gasteiger partial charge in [-0.15, -0.1) is 0 Å². The maximum absolute atomic E-state index is 10.5. The van der Waals surface area contributed by atoms with Crippen LogP contribution in [0.1, 0.15) is 43.7 Å². The molecule has 1 aliphatic carbocycles. The zero-order valence-corrected chi connectivity index (χ0v) is 13.6. The Morgan fingerprint density at radius 3 is 2.55 bits per heavy atom. The number of piperazine rings is 1. The van der Waals surface area contributed by atoms with E-state index < -0.39 is 0 Å². The first-order valence-electron chi connectivity index (χ1n) is 8.61. The van der Waals surface area contributed by atoms with Crippen molar-refractivity contribution in [3.05, 3.63) is 23.8 Å². The summed E-state index contributed by atoms with van der Waals surface area (Å²) in [6, 6.07) is 6.14. The van der Waals surface area contributed by atoms with E-state index in [1.54, 1.807) is 13.2 Å². The van der Waals surface area contributed by atoms with Gasteiger partial charge in [0.15, 0.2) is 0 Å². The topological polar surface area (TPSA) is 44.7 Å². The van der Waals surface area contributed by atoms with Crippen LogP contribution in [0.4, 0.5) is 0 Å². The average molecular weight is 304 g/mol. The fourth-order valence-electron chi connectivity index (χ4n) is 4.06. The highest BCUT2D eigenvalue weighted by Gasteiger charge is 2.32. The summed E-state index contributed by atoms with van der Waals surface area (Å²) in [4.78, 5) is 2.56. The summed E-state index contributed by atoms with van der Waals surface area (Å²) >= 11 is 0. The van der Waals surface area contributed by atoms with Gasteiger partial charge in [0.2, 0.25) is 0 Å². The third-order valence-electron chi connectivity index (χ3n) is 5.20. The SMILES string of the molecule is COc1ccc([C@@H](C2CCCCC2)N2CCNCC2)c(O)c1. The number of benzene rings is 1. The molecule has 4 heteroatoms. The van der Waals surface area contributed by atoms with Crippen molar-refractivity contribution in [2.75, 3.05) is 33.3 Å². The molecule has 122 valence electrons. The minimum Gasteiger partial charge on any atom is -0.507 e. The highest BCUT2D eigenvalue weighted by Crippen LogP contribution is 2.42. The van der Waals surface area contributed by atoms with Gasteiger partial charge in [-0.25, -0.2) is 0 Å². The van der Waals surface area contributed by atoms with E-state index in [-0.39, 0.29) is 0 Å². The number of methoxy groups -OCH3 is 1. The van der Waals surface area contributed by atoms with E-state index in [1.807, 2.05) is 6.07 Å². The second kappa shape index (κ2) is 7.34. The predicted octanol–water partition coefficient (Wildman–Crippen LogP) is 2.93. The van der Waals surface area contributed by atoms with E-state index in [0.717, 1.165) is 37.5 Å². The summed E-state index contributed by atoms with van der Waals surface area (Å²) < 4.78 is 5.24. The predicted molar refractivity (Wildman–Crippen MR) is 88.4 cm³/mol. The van der Waals surface area contributed by atoms with Gasteiger partial charge < -0.3 is 15.2 Å². The molecule has 3 rings (SSSR count). The van der Waals surface area contributed by atoms with Crippen molar-refractivity contribution in [2.24, 2.45) is 5.92 Å². The van der Waals surface area contributed by atoms with Crippen LogP contribution in [0.2, 0.25) is 0 Å². The molecular formula is C18H28N2O2. The van der Waals surface area contributed by atoms with Crippen molar-refractivity contribution in [3.63, 3.8) is 0 Å². The van der Waals surface area contributed by atoms with Crippen LogP contribution >= 0.6 is 0 Å². The summed E-state index contributed by atoms with van der Waals surface area (Å²) in [6.45, 7) is 4.21. The number of phenolic OH excluding ortho intramolecular Hbond substituents is 1. The lowest BCUT2D eigenvalue weighted by Crippen LogP contribution is -2.47. The minimum atomic E-state index is 0.341. The maximum atomic E-state index is 10.5. The van der Waals surface area contributed by atoms with Crippen molar-refractivity contribution in [1.82, 2.24) is 10.2 Å². The third-order valence-corrected chi connectivity index (χ3v) is 5.20. The molecule has 0 aromatic heterocycles. The minimum absolute atomic E-state index is 0.341. The fraction of sp³-hybridized carbons (Fsp3) is 0.667.